The van der Waals surface area contributed by atoms with Crippen LogP contribution in [0.5, 0.6) is 0 Å². The number of benzene rings is 1. The molecule has 5 heteroatoms. The van der Waals surface area contributed by atoms with E-state index in [1.807, 2.05) is 44.3 Å². The van der Waals surface area contributed by atoms with Crippen LogP contribution in [0, 0.1) is 5.92 Å². The number of methoxy groups -OCH3 is 1. The predicted octanol–water partition coefficient (Wildman–Crippen LogP) is 2.42. The Morgan fingerprint density at radius 1 is 1.39 bits per heavy atom. The molecule has 0 radical (unpaired) electrons. The first-order valence-corrected chi connectivity index (χ1v) is 8.10. The number of aliphatic hydroxyl groups excluding tert-OH is 1. The highest BCUT2D eigenvalue weighted by molar-refractivity contribution is 5.98. The molecule has 0 aliphatic carbocycles. The average molecular weight is 318 g/mol. The van der Waals surface area contributed by atoms with Crippen LogP contribution in [0.15, 0.2) is 30.5 Å². The zero-order chi connectivity index (χ0) is 16.8. The van der Waals surface area contributed by atoms with Crippen molar-refractivity contribution in [2.24, 2.45) is 5.92 Å². The second-order valence-electron chi connectivity index (χ2n) is 5.92. The van der Waals surface area contributed by atoms with Crippen molar-refractivity contribution in [3.05, 3.63) is 36.0 Å². The molecule has 1 heterocycles. The summed E-state index contributed by atoms with van der Waals surface area (Å²) in [6, 6.07) is 7.48. The lowest BCUT2D eigenvalue weighted by molar-refractivity contribution is 0.0891. The van der Waals surface area contributed by atoms with Crippen molar-refractivity contribution in [3.8, 4) is 0 Å². The number of nitrogens with one attached hydrogen (secondary N) is 1. The Labute approximate surface area is 137 Å². The number of hydrogen-bond donors (Lipinski definition) is 2. The molecule has 126 valence electrons. The van der Waals surface area contributed by atoms with Gasteiger partial charge in [0.15, 0.2) is 0 Å². The molecular weight excluding hydrogens is 292 g/mol. The first kappa shape index (κ1) is 17.5. The van der Waals surface area contributed by atoms with Crippen LogP contribution in [0.1, 0.15) is 30.6 Å². The van der Waals surface area contributed by atoms with E-state index in [0.717, 1.165) is 23.9 Å². The molecule has 0 saturated carbocycles. The van der Waals surface area contributed by atoms with Crippen LogP contribution in [-0.2, 0) is 11.3 Å². The Hall–Kier alpha value is -1.85. The maximum atomic E-state index is 12.5. The van der Waals surface area contributed by atoms with E-state index in [9.17, 15) is 9.90 Å². The average Bonchev–Trinajstić information content (AvgIpc) is 2.99. The third-order valence-electron chi connectivity index (χ3n) is 4.42. The molecule has 0 bridgehead atoms. The lowest BCUT2D eigenvalue weighted by Gasteiger charge is -2.22. The van der Waals surface area contributed by atoms with Crippen molar-refractivity contribution < 1.29 is 14.6 Å². The number of ether oxygens (including phenoxy) is 1. The zero-order valence-electron chi connectivity index (χ0n) is 14.1. The van der Waals surface area contributed by atoms with E-state index in [1.54, 1.807) is 7.11 Å². The number of amides is 1. The van der Waals surface area contributed by atoms with Gasteiger partial charge in [-0.25, -0.2) is 0 Å². The minimum atomic E-state index is -0.219. The maximum absolute atomic E-state index is 12.5. The third kappa shape index (κ3) is 4.12. The summed E-state index contributed by atoms with van der Waals surface area (Å²) in [6.45, 7) is 5.40. The summed E-state index contributed by atoms with van der Waals surface area (Å²) in [7, 11) is 1.68. The van der Waals surface area contributed by atoms with E-state index >= 15 is 0 Å². The molecule has 2 atom stereocenters. The monoisotopic (exact) mass is 318 g/mol. The minimum Gasteiger partial charge on any atom is -0.394 e. The first-order chi connectivity index (χ1) is 11.1. The Morgan fingerprint density at radius 2 is 2.17 bits per heavy atom. The number of rotatable bonds is 8. The van der Waals surface area contributed by atoms with Gasteiger partial charge in [0.25, 0.3) is 5.91 Å². The predicted molar refractivity (Wildman–Crippen MR) is 91.6 cm³/mol. The van der Waals surface area contributed by atoms with E-state index in [-0.39, 0.29) is 24.5 Å². The van der Waals surface area contributed by atoms with Crippen molar-refractivity contribution >= 4 is 16.8 Å². The zero-order valence-corrected chi connectivity index (χ0v) is 14.1. The molecule has 5 nitrogen and oxygen atoms in total. The van der Waals surface area contributed by atoms with Gasteiger partial charge in [-0.05, 0) is 29.5 Å². The topological polar surface area (TPSA) is 63.5 Å². The number of aliphatic hydroxyl groups is 1. The van der Waals surface area contributed by atoms with Gasteiger partial charge in [0, 0.05) is 30.9 Å². The molecular formula is C18H26N2O3. The van der Waals surface area contributed by atoms with Crippen LogP contribution in [0.25, 0.3) is 10.9 Å². The fourth-order valence-corrected chi connectivity index (χ4v) is 2.61. The lowest BCUT2D eigenvalue weighted by atomic mass is 9.99. The van der Waals surface area contributed by atoms with Crippen molar-refractivity contribution in [2.45, 2.75) is 32.9 Å². The molecule has 0 aliphatic heterocycles. The van der Waals surface area contributed by atoms with Gasteiger partial charge < -0.3 is 19.7 Å². The number of carbonyl (C=O) groups is 1. The highest BCUT2D eigenvalue weighted by Crippen LogP contribution is 2.18. The van der Waals surface area contributed by atoms with Gasteiger partial charge in [0.2, 0.25) is 0 Å². The molecule has 23 heavy (non-hydrogen) atoms. The molecule has 2 N–H and O–H groups in total. The molecule has 0 spiro atoms. The molecule has 2 aromatic rings. The van der Waals surface area contributed by atoms with E-state index < -0.39 is 0 Å². The Bertz CT molecular complexity index is 651. The van der Waals surface area contributed by atoms with Crippen LogP contribution in [0.3, 0.4) is 0 Å². The van der Waals surface area contributed by atoms with Gasteiger partial charge in [-0.15, -0.1) is 0 Å². The summed E-state index contributed by atoms with van der Waals surface area (Å²) < 4.78 is 7.20. The molecule has 0 fully saturated rings. The first-order valence-electron chi connectivity index (χ1n) is 8.10. The number of nitrogens with zero attached hydrogens (tertiary/aromatic N) is 1. The van der Waals surface area contributed by atoms with Crippen LogP contribution < -0.4 is 5.32 Å². The Kier molecular flexibility index (Phi) is 6.19. The smallest absolute Gasteiger partial charge is 0.251 e. The molecule has 0 aliphatic rings. The fourth-order valence-electron chi connectivity index (χ4n) is 2.61. The molecule has 0 saturated heterocycles. The number of fused-ring (bicyclic) bond motifs is 1. The van der Waals surface area contributed by atoms with Gasteiger partial charge >= 0.3 is 0 Å². The largest absolute Gasteiger partial charge is 0.394 e. The number of aromatic nitrogens is 1. The quantitative estimate of drug-likeness (QED) is 0.786. The summed E-state index contributed by atoms with van der Waals surface area (Å²) in [4.78, 5) is 12.5. The molecule has 1 aromatic heterocycles. The van der Waals surface area contributed by atoms with Crippen molar-refractivity contribution in [3.63, 3.8) is 0 Å². The highest BCUT2D eigenvalue weighted by atomic mass is 16.5. The second-order valence-corrected chi connectivity index (χ2v) is 5.92. The van der Waals surface area contributed by atoms with Crippen molar-refractivity contribution in [1.82, 2.24) is 9.88 Å². The summed E-state index contributed by atoms with van der Waals surface area (Å²) in [5.41, 5.74) is 1.62. The van der Waals surface area contributed by atoms with Crippen LogP contribution in [0.4, 0.5) is 0 Å². The van der Waals surface area contributed by atoms with Crippen molar-refractivity contribution in [1.29, 1.82) is 0 Å². The van der Waals surface area contributed by atoms with Gasteiger partial charge in [0.1, 0.15) is 0 Å². The summed E-state index contributed by atoms with van der Waals surface area (Å²) in [5, 5.41) is 13.5. The fraction of sp³-hybridized carbons (Fsp3) is 0.500. The van der Waals surface area contributed by atoms with Crippen LogP contribution in [-0.4, -0.2) is 41.9 Å². The summed E-state index contributed by atoms with van der Waals surface area (Å²) in [6.07, 6.45) is 2.91. The highest BCUT2D eigenvalue weighted by Gasteiger charge is 2.18. The summed E-state index contributed by atoms with van der Waals surface area (Å²) >= 11 is 0. The number of carbonyl (C=O) groups excluding carboxylic acids is 1. The van der Waals surface area contributed by atoms with Gasteiger partial charge in [-0.2, -0.15) is 0 Å². The van der Waals surface area contributed by atoms with E-state index in [0.29, 0.717) is 12.2 Å². The molecule has 1 amide bonds. The van der Waals surface area contributed by atoms with Crippen molar-refractivity contribution in [2.75, 3.05) is 20.3 Å². The van der Waals surface area contributed by atoms with E-state index in [1.165, 1.54) is 0 Å². The number of hydrogen-bond acceptors (Lipinski definition) is 3. The van der Waals surface area contributed by atoms with E-state index in [2.05, 4.69) is 9.88 Å². The second kappa shape index (κ2) is 8.13. The molecule has 0 unspecified atom stereocenters. The normalized spacial score (nSPS) is 13.9. The summed E-state index contributed by atoms with van der Waals surface area (Å²) in [5.74, 6) is 0.0870. The SMILES string of the molecule is CC[C@H](C)[C@H](CO)NC(=O)c1ccc2ccn(CCOC)c2c1. The maximum Gasteiger partial charge on any atom is 0.251 e. The third-order valence-corrected chi connectivity index (χ3v) is 4.42. The Morgan fingerprint density at radius 3 is 2.83 bits per heavy atom. The molecule has 2 rings (SSSR count). The van der Waals surface area contributed by atoms with Gasteiger partial charge in [-0.1, -0.05) is 26.3 Å². The van der Waals surface area contributed by atoms with Crippen LogP contribution in [0.2, 0.25) is 0 Å². The Balaban J connectivity index is 2.20. The minimum absolute atomic E-state index is 0.0484. The van der Waals surface area contributed by atoms with Gasteiger partial charge in [-0.3, -0.25) is 4.79 Å². The van der Waals surface area contributed by atoms with Gasteiger partial charge in [0.05, 0.1) is 19.3 Å². The molecule has 1 aromatic carbocycles. The van der Waals surface area contributed by atoms with Crippen LogP contribution >= 0.6 is 0 Å². The lowest BCUT2D eigenvalue weighted by Crippen LogP contribution is -2.41. The van der Waals surface area contributed by atoms with E-state index in [4.69, 9.17) is 4.74 Å². The standard InChI is InChI=1S/C18H26N2O3/c1-4-13(2)16(12-21)19-18(22)15-6-5-14-7-8-20(9-10-23-3)17(14)11-15/h5-8,11,13,16,21H,4,9-10,12H2,1-3H3,(H,19,22)/t13-,16-/m0/s1.